The summed E-state index contributed by atoms with van der Waals surface area (Å²) in [7, 11) is 1.41. The van der Waals surface area contributed by atoms with Crippen molar-refractivity contribution in [3.05, 3.63) is 0 Å². The fraction of sp³-hybridized carbons (Fsp3) is 0.889. The van der Waals surface area contributed by atoms with Gasteiger partial charge in [0.1, 0.15) is 0 Å². The quantitative estimate of drug-likeness (QED) is 0.701. The number of carbonyl (C=O) groups is 1. The summed E-state index contributed by atoms with van der Waals surface area (Å²) in [5, 5.41) is 0. The molecule has 2 N–H and O–H groups in total. The molecule has 1 aliphatic carbocycles. The van der Waals surface area contributed by atoms with Crippen LogP contribution in [0, 0.1) is 0 Å². The topological polar surface area (TPSA) is 52.3 Å². The standard InChI is InChI=1S/C9H17NO2.ClH/c1-12-8(11)7-9(10)5-3-2-4-6-9;/h2-7,10H2,1H3;1H. The minimum absolute atomic E-state index is 0. The van der Waals surface area contributed by atoms with Gasteiger partial charge in [-0.05, 0) is 12.8 Å². The van der Waals surface area contributed by atoms with Gasteiger partial charge in [0.2, 0.25) is 0 Å². The van der Waals surface area contributed by atoms with Gasteiger partial charge in [-0.3, -0.25) is 4.79 Å². The van der Waals surface area contributed by atoms with Gasteiger partial charge < -0.3 is 10.5 Å². The number of hydrogen-bond donors (Lipinski definition) is 1. The second-order valence-electron chi connectivity index (χ2n) is 3.68. The summed E-state index contributed by atoms with van der Waals surface area (Å²) in [6.45, 7) is 0. The minimum Gasteiger partial charge on any atom is -0.469 e. The summed E-state index contributed by atoms with van der Waals surface area (Å²) in [5.41, 5.74) is 5.76. The zero-order valence-electron chi connectivity index (χ0n) is 8.04. The molecule has 1 fully saturated rings. The number of rotatable bonds is 2. The van der Waals surface area contributed by atoms with Gasteiger partial charge >= 0.3 is 5.97 Å². The molecule has 0 saturated heterocycles. The first-order valence-corrected chi connectivity index (χ1v) is 4.52. The van der Waals surface area contributed by atoms with Crippen LogP contribution < -0.4 is 5.73 Å². The summed E-state index contributed by atoms with van der Waals surface area (Å²) in [5.74, 6) is -0.181. The Balaban J connectivity index is 0.00000144. The van der Waals surface area contributed by atoms with Gasteiger partial charge in [-0.1, -0.05) is 19.3 Å². The Morgan fingerprint density at radius 2 is 1.92 bits per heavy atom. The number of nitrogens with two attached hydrogens (primary N) is 1. The highest BCUT2D eigenvalue weighted by Crippen LogP contribution is 2.28. The van der Waals surface area contributed by atoms with E-state index in [-0.39, 0.29) is 23.9 Å². The van der Waals surface area contributed by atoms with Gasteiger partial charge in [0.25, 0.3) is 0 Å². The average Bonchev–Trinajstić information content (AvgIpc) is 2.05. The van der Waals surface area contributed by atoms with Crippen molar-refractivity contribution in [1.29, 1.82) is 0 Å². The van der Waals surface area contributed by atoms with E-state index < -0.39 is 0 Å². The first kappa shape index (κ1) is 12.7. The number of hydrogen-bond acceptors (Lipinski definition) is 3. The minimum atomic E-state index is -0.272. The molecule has 0 bridgehead atoms. The highest BCUT2D eigenvalue weighted by atomic mass is 35.5. The van der Waals surface area contributed by atoms with E-state index in [1.807, 2.05) is 0 Å². The number of carbonyl (C=O) groups excluding carboxylic acids is 1. The van der Waals surface area contributed by atoms with Crippen LogP contribution in [0.15, 0.2) is 0 Å². The van der Waals surface area contributed by atoms with Crippen molar-refractivity contribution < 1.29 is 9.53 Å². The fourth-order valence-corrected chi connectivity index (χ4v) is 1.79. The fourth-order valence-electron chi connectivity index (χ4n) is 1.79. The van der Waals surface area contributed by atoms with Crippen molar-refractivity contribution >= 4 is 18.4 Å². The second-order valence-corrected chi connectivity index (χ2v) is 3.68. The van der Waals surface area contributed by atoms with Crippen molar-refractivity contribution in [2.45, 2.75) is 44.1 Å². The van der Waals surface area contributed by atoms with E-state index in [2.05, 4.69) is 4.74 Å². The Kier molecular flexibility index (Phi) is 5.33. The molecule has 13 heavy (non-hydrogen) atoms. The molecule has 0 atom stereocenters. The average molecular weight is 208 g/mol. The number of methoxy groups -OCH3 is 1. The van der Waals surface area contributed by atoms with Gasteiger partial charge in [-0.2, -0.15) is 0 Å². The van der Waals surface area contributed by atoms with E-state index in [1.54, 1.807) is 0 Å². The Bertz CT molecular complexity index is 167. The van der Waals surface area contributed by atoms with Crippen LogP contribution >= 0.6 is 12.4 Å². The maximum absolute atomic E-state index is 11.0. The summed E-state index contributed by atoms with van der Waals surface area (Å²) in [6.07, 6.45) is 5.84. The number of halogens is 1. The highest BCUT2D eigenvalue weighted by molar-refractivity contribution is 5.85. The molecule has 0 amide bonds. The lowest BCUT2D eigenvalue weighted by Gasteiger charge is -2.32. The van der Waals surface area contributed by atoms with Crippen molar-refractivity contribution in [1.82, 2.24) is 0 Å². The number of ether oxygens (including phenoxy) is 1. The smallest absolute Gasteiger partial charge is 0.307 e. The maximum Gasteiger partial charge on any atom is 0.307 e. The third-order valence-corrected chi connectivity index (χ3v) is 2.57. The molecule has 1 aliphatic rings. The Morgan fingerprint density at radius 1 is 1.38 bits per heavy atom. The van der Waals surface area contributed by atoms with E-state index in [4.69, 9.17) is 5.73 Å². The molecule has 0 unspecified atom stereocenters. The van der Waals surface area contributed by atoms with E-state index in [0.717, 1.165) is 25.7 Å². The molecule has 0 aromatic rings. The first-order chi connectivity index (χ1) is 5.66. The van der Waals surface area contributed by atoms with Crippen LogP contribution in [0.5, 0.6) is 0 Å². The Labute approximate surface area is 85.4 Å². The van der Waals surface area contributed by atoms with Crippen LogP contribution in [0.4, 0.5) is 0 Å². The van der Waals surface area contributed by atoms with Crippen LogP contribution in [0.1, 0.15) is 38.5 Å². The van der Waals surface area contributed by atoms with Gasteiger partial charge in [0, 0.05) is 5.54 Å². The molecule has 0 aromatic heterocycles. The van der Waals surface area contributed by atoms with Crippen LogP contribution in [0.2, 0.25) is 0 Å². The Morgan fingerprint density at radius 3 is 2.38 bits per heavy atom. The lowest BCUT2D eigenvalue weighted by atomic mass is 9.80. The highest BCUT2D eigenvalue weighted by Gasteiger charge is 2.30. The molecule has 1 saturated carbocycles. The van der Waals surface area contributed by atoms with Crippen molar-refractivity contribution in [2.24, 2.45) is 5.73 Å². The Hall–Kier alpha value is -0.280. The molecular weight excluding hydrogens is 190 g/mol. The van der Waals surface area contributed by atoms with Crippen LogP contribution in [0.25, 0.3) is 0 Å². The molecular formula is C9H18ClNO2. The monoisotopic (exact) mass is 207 g/mol. The summed E-state index contributed by atoms with van der Waals surface area (Å²) in [6, 6.07) is 0. The van der Waals surface area contributed by atoms with E-state index >= 15 is 0 Å². The third kappa shape index (κ3) is 3.96. The molecule has 78 valence electrons. The molecule has 0 heterocycles. The third-order valence-electron chi connectivity index (χ3n) is 2.57. The van der Waals surface area contributed by atoms with E-state index in [1.165, 1.54) is 13.5 Å². The van der Waals surface area contributed by atoms with Crippen molar-refractivity contribution in [3.63, 3.8) is 0 Å². The van der Waals surface area contributed by atoms with E-state index in [0.29, 0.717) is 6.42 Å². The zero-order valence-corrected chi connectivity index (χ0v) is 8.86. The largest absolute Gasteiger partial charge is 0.469 e. The summed E-state index contributed by atoms with van der Waals surface area (Å²) in [4.78, 5) is 11.0. The lowest BCUT2D eigenvalue weighted by molar-refractivity contribution is -0.142. The molecule has 0 aliphatic heterocycles. The summed E-state index contributed by atoms with van der Waals surface area (Å²) < 4.78 is 4.60. The van der Waals surface area contributed by atoms with Crippen LogP contribution in [0.3, 0.4) is 0 Å². The van der Waals surface area contributed by atoms with E-state index in [9.17, 15) is 4.79 Å². The lowest BCUT2D eigenvalue weighted by Crippen LogP contribution is -2.43. The van der Waals surface area contributed by atoms with Gasteiger partial charge in [0.15, 0.2) is 0 Å². The zero-order chi connectivity index (χ0) is 9.03. The molecule has 4 heteroatoms. The molecule has 3 nitrogen and oxygen atoms in total. The molecule has 1 rings (SSSR count). The van der Waals surface area contributed by atoms with Crippen LogP contribution in [-0.2, 0) is 9.53 Å². The van der Waals surface area contributed by atoms with Crippen molar-refractivity contribution in [2.75, 3.05) is 7.11 Å². The number of esters is 1. The molecule has 0 radical (unpaired) electrons. The first-order valence-electron chi connectivity index (χ1n) is 4.52. The van der Waals surface area contributed by atoms with Gasteiger partial charge in [-0.15, -0.1) is 12.4 Å². The maximum atomic E-state index is 11.0. The molecule has 0 spiro atoms. The summed E-state index contributed by atoms with van der Waals surface area (Å²) >= 11 is 0. The van der Waals surface area contributed by atoms with Crippen LogP contribution in [-0.4, -0.2) is 18.6 Å². The SMILES string of the molecule is COC(=O)CC1(N)CCCCC1.Cl. The van der Waals surface area contributed by atoms with Gasteiger partial charge in [0.05, 0.1) is 13.5 Å². The van der Waals surface area contributed by atoms with Gasteiger partial charge in [-0.25, -0.2) is 0 Å². The second kappa shape index (κ2) is 5.45. The van der Waals surface area contributed by atoms with Crippen molar-refractivity contribution in [3.8, 4) is 0 Å². The predicted molar refractivity (Wildman–Crippen MR) is 53.9 cm³/mol. The molecule has 0 aromatic carbocycles. The normalized spacial score (nSPS) is 20.2. The predicted octanol–water partition coefficient (Wildman–Crippen LogP) is 1.63.